The second kappa shape index (κ2) is 6.22. The molecule has 0 aliphatic carbocycles. The SMILES string of the molecule is O=C(O)c1ccc2c(c1)CN(C(=O)Cc1ccc(Br)s1)CC2. The van der Waals surface area contributed by atoms with Crippen LogP contribution in [0.15, 0.2) is 34.1 Å². The summed E-state index contributed by atoms with van der Waals surface area (Å²) < 4.78 is 1.02. The summed E-state index contributed by atoms with van der Waals surface area (Å²) in [5.41, 5.74) is 2.34. The Morgan fingerprint density at radius 1 is 1.23 bits per heavy atom. The summed E-state index contributed by atoms with van der Waals surface area (Å²) in [4.78, 5) is 26.3. The molecule has 2 aromatic rings. The summed E-state index contributed by atoms with van der Waals surface area (Å²) in [6.07, 6.45) is 1.17. The van der Waals surface area contributed by atoms with Gasteiger partial charge in [-0.2, -0.15) is 0 Å². The zero-order chi connectivity index (χ0) is 15.7. The number of fused-ring (bicyclic) bond motifs is 1. The normalized spacial score (nSPS) is 13.8. The lowest BCUT2D eigenvalue weighted by Crippen LogP contribution is -2.36. The molecule has 4 nitrogen and oxygen atoms in total. The van der Waals surface area contributed by atoms with Crippen molar-refractivity contribution < 1.29 is 14.7 Å². The van der Waals surface area contributed by atoms with Crippen LogP contribution >= 0.6 is 27.3 Å². The third kappa shape index (κ3) is 3.23. The Bertz CT molecular complexity index is 741. The van der Waals surface area contributed by atoms with Crippen molar-refractivity contribution in [3.8, 4) is 0 Å². The van der Waals surface area contributed by atoms with Gasteiger partial charge < -0.3 is 10.0 Å². The molecule has 22 heavy (non-hydrogen) atoms. The van der Waals surface area contributed by atoms with Crippen LogP contribution in [0.2, 0.25) is 0 Å². The van der Waals surface area contributed by atoms with Gasteiger partial charge >= 0.3 is 5.97 Å². The van der Waals surface area contributed by atoms with Crippen LogP contribution in [-0.4, -0.2) is 28.4 Å². The Morgan fingerprint density at radius 3 is 2.73 bits per heavy atom. The zero-order valence-corrected chi connectivity index (χ0v) is 14.1. The van der Waals surface area contributed by atoms with E-state index in [1.165, 1.54) is 0 Å². The van der Waals surface area contributed by atoms with E-state index in [1.807, 2.05) is 23.1 Å². The Morgan fingerprint density at radius 2 is 2.05 bits per heavy atom. The lowest BCUT2D eigenvalue weighted by Gasteiger charge is -2.29. The van der Waals surface area contributed by atoms with E-state index in [0.29, 0.717) is 19.5 Å². The van der Waals surface area contributed by atoms with Crippen molar-refractivity contribution in [2.75, 3.05) is 6.54 Å². The minimum atomic E-state index is -0.935. The molecule has 6 heteroatoms. The Kier molecular flexibility index (Phi) is 4.31. The highest BCUT2D eigenvalue weighted by atomic mass is 79.9. The third-order valence-electron chi connectivity index (χ3n) is 3.77. The molecule has 0 atom stereocenters. The molecule has 1 amide bonds. The monoisotopic (exact) mass is 379 g/mol. The zero-order valence-electron chi connectivity index (χ0n) is 11.7. The predicted octanol–water partition coefficient (Wildman–Crippen LogP) is 3.34. The van der Waals surface area contributed by atoms with Crippen molar-refractivity contribution in [1.82, 2.24) is 4.90 Å². The molecule has 0 saturated heterocycles. The quantitative estimate of drug-likeness (QED) is 0.889. The molecule has 1 aliphatic heterocycles. The molecule has 2 heterocycles. The van der Waals surface area contributed by atoms with E-state index in [1.54, 1.807) is 23.5 Å². The minimum Gasteiger partial charge on any atom is -0.478 e. The largest absolute Gasteiger partial charge is 0.478 e. The predicted molar refractivity (Wildman–Crippen MR) is 88.2 cm³/mol. The van der Waals surface area contributed by atoms with Crippen molar-refractivity contribution in [3.63, 3.8) is 0 Å². The van der Waals surface area contributed by atoms with E-state index in [4.69, 9.17) is 5.11 Å². The van der Waals surface area contributed by atoms with Crippen LogP contribution in [0.5, 0.6) is 0 Å². The molecule has 0 unspecified atom stereocenters. The highest BCUT2D eigenvalue weighted by molar-refractivity contribution is 9.11. The first-order valence-corrected chi connectivity index (χ1v) is 8.51. The first-order chi connectivity index (χ1) is 10.5. The summed E-state index contributed by atoms with van der Waals surface area (Å²) >= 11 is 4.96. The van der Waals surface area contributed by atoms with Gasteiger partial charge in [-0.25, -0.2) is 4.79 Å². The van der Waals surface area contributed by atoms with Crippen molar-refractivity contribution in [2.45, 2.75) is 19.4 Å². The van der Waals surface area contributed by atoms with Gasteiger partial charge in [0.1, 0.15) is 0 Å². The van der Waals surface area contributed by atoms with Crippen LogP contribution in [0.1, 0.15) is 26.4 Å². The van der Waals surface area contributed by atoms with Crippen molar-refractivity contribution >= 4 is 39.1 Å². The number of carbonyl (C=O) groups excluding carboxylic acids is 1. The third-order valence-corrected chi connectivity index (χ3v) is 5.40. The lowest BCUT2D eigenvalue weighted by atomic mass is 9.97. The molecule has 0 spiro atoms. The van der Waals surface area contributed by atoms with Gasteiger partial charge in [-0.05, 0) is 57.7 Å². The van der Waals surface area contributed by atoms with Gasteiger partial charge in [0, 0.05) is 18.0 Å². The number of thiophene rings is 1. The molecule has 0 radical (unpaired) electrons. The fourth-order valence-corrected chi connectivity index (χ4v) is 4.08. The van der Waals surface area contributed by atoms with Gasteiger partial charge in [0.2, 0.25) is 5.91 Å². The van der Waals surface area contributed by atoms with Gasteiger partial charge in [-0.15, -0.1) is 11.3 Å². The maximum Gasteiger partial charge on any atom is 0.335 e. The summed E-state index contributed by atoms with van der Waals surface area (Å²) in [7, 11) is 0. The summed E-state index contributed by atoms with van der Waals surface area (Å²) in [6, 6.07) is 9.06. The van der Waals surface area contributed by atoms with E-state index in [0.717, 1.165) is 26.2 Å². The summed E-state index contributed by atoms with van der Waals surface area (Å²) in [5.74, 6) is -0.851. The number of amides is 1. The number of nitrogens with zero attached hydrogens (tertiary/aromatic N) is 1. The summed E-state index contributed by atoms with van der Waals surface area (Å²) in [5, 5.41) is 9.08. The van der Waals surface area contributed by atoms with Crippen molar-refractivity contribution in [3.05, 3.63) is 55.7 Å². The Labute approximate surface area is 140 Å². The van der Waals surface area contributed by atoms with Crippen LogP contribution in [0.25, 0.3) is 0 Å². The molecule has 3 rings (SSSR count). The maximum atomic E-state index is 12.4. The van der Waals surface area contributed by atoms with E-state index in [2.05, 4.69) is 15.9 Å². The number of carboxylic acid groups (broad SMARTS) is 1. The number of rotatable bonds is 3. The first-order valence-electron chi connectivity index (χ1n) is 6.90. The van der Waals surface area contributed by atoms with Crippen molar-refractivity contribution in [2.24, 2.45) is 0 Å². The highest BCUT2D eigenvalue weighted by Crippen LogP contribution is 2.25. The van der Waals surface area contributed by atoms with Gasteiger partial charge in [0.15, 0.2) is 0 Å². The topological polar surface area (TPSA) is 57.6 Å². The second-order valence-electron chi connectivity index (χ2n) is 5.24. The highest BCUT2D eigenvalue weighted by Gasteiger charge is 2.22. The fourth-order valence-electron chi connectivity index (χ4n) is 2.61. The van der Waals surface area contributed by atoms with Crippen LogP contribution in [0.3, 0.4) is 0 Å². The van der Waals surface area contributed by atoms with Gasteiger partial charge in [0.25, 0.3) is 0 Å². The minimum absolute atomic E-state index is 0.0840. The number of benzene rings is 1. The molecule has 114 valence electrons. The van der Waals surface area contributed by atoms with Crippen LogP contribution in [0, 0.1) is 0 Å². The van der Waals surface area contributed by atoms with E-state index < -0.39 is 5.97 Å². The van der Waals surface area contributed by atoms with Gasteiger partial charge in [0.05, 0.1) is 15.8 Å². The molecule has 1 aliphatic rings. The Hall–Kier alpha value is -1.66. The smallest absolute Gasteiger partial charge is 0.335 e. The first kappa shape index (κ1) is 15.2. The molecule has 0 saturated carbocycles. The van der Waals surface area contributed by atoms with E-state index in [-0.39, 0.29) is 11.5 Å². The van der Waals surface area contributed by atoms with Gasteiger partial charge in [-0.1, -0.05) is 6.07 Å². The lowest BCUT2D eigenvalue weighted by molar-refractivity contribution is -0.131. The number of halogens is 1. The van der Waals surface area contributed by atoms with E-state index >= 15 is 0 Å². The number of aromatic carboxylic acids is 1. The molecule has 0 bridgehead atoms. The van der Waals surface area contributed by atoms with Crippen LogP contribution in [-0.2, 0) is 24.2 Å². The number of hydrogen-bond acceptors (Lipinski definition) is 3. The van der Waals surface area contributed by atoms with Crippen molar-refractivity contribution in [1.29, 1.82) is 0 Å². The van der Waals surface area contributed by atoms with Crippen LogP contribution < -0.4 is 0 Å². The molecule has 1 aromatic carbocycles. The second-order valence-corrected chi connectivity index (χ2v) is 7.78. The number of hydrogen-bond donors (Lipinski definition) is 1. The molecular formula is C16H14BrNO3S. The standard InChI is InChI=1S/C16H14BrNO3S/c17-14-4-3-13(22-14)8-15(19)18-6-5-10-1-2-11(16(20)21)7-12(10)9-18/h1-4,7H,5-6,8-9H2,(H,20,21). The maximum absolute atomic E-state index is 12.4. The summed E-state index contributed by atoms with van der Waals surface area (Å²) in [6.45, 7) is 1.17. The molecule has 1 N–H and O–H groups in total. The van der Waals surface area contributed by atoms with E-state index in [9.17, 15) is 9.59 Å². The molecular weight excluding hydrogens is 366 g/mol. The average Bonchev–Trinajstić information content (AvgIpc) is 2.91. The van der Waals surface area contributed by atoms with Crippen LogP contribution in [0.4, 0.5) is 0 Å². The number of carbonyl (C=O) groups is 2. The molecule has 1 aromatic heterocycles. The fraction of sp³-hybridized carbons (Fsp3) is 0.250. The Balaban J connectivity index is 1.74. The number of carboxylic acids is 1. The molecule has 0 fully saturated rings. The van der Waals surface area contributed by atoms with Gasteiger partial charge in [-0.3, -0.25) is 4.79 Å². The average molecular weight is 380 g/mol.